The van der Waals surface area contributed by atoms with Crippen LogP contribution in [-0.2, 0) is 11.3 Å². The maximum atomic E-state index is 12.9. The van der Waals surface area contributed by atoms with Crippen LogP contribution >= 0.6 is 0 Å². The first-order valence-corrected chi connectivity index (χ1v) is 12.3. The lowest BCUT2D eigenvalue weighted by Crippen LogP contribution is -2.44. The van der Waals surface area contributed by atoms with Gasteiger partial charge in [0.15, 0.2) is 0 Å². The normalized spacial score (nSPS) is 14.8. The molecule has 1 aromatic carbocycles. The van der Waals surface area contributed by atoms with E-state index in [-0.39, 0.29) is 42.7 Å². The molecule has 1 saturated carbocycles. The number of aliphatic carboxylic acids is 1. The lowest BCUT2D eigenvalue weighted by molar-refractivity contribution is -0.140. The Balaban J connectivity index is 1.55. The van der Waals surface area contributed by atoms with E-state index in [0.717, 1.165) is 12.8 Å². The Morgan fingerprint density at radius 2 is 1.84 bits per heavy atom. The summed E-state index contributed by atoms with van der Waals surface area (Å²) in [7, 11) is 0. The van der Waals surface area contributed by atoms with Crippen molar-refractivity contribution in [3.8, 4) is 22.7 Å². The van der Waals surface area contributed by atoms with Gasteiger partial charge in [0, 0.05) is 17.2 Å². The number of hydrogen-bond donors (Lipinski definition) is 4. The second-order valence-corrected chi connectivity index (χ2v) is 9.60. The number of benzene rings is 1. The molecular weight excluding hydrogens is 478 g/mol. The minimum Gasteiger partial charge on any atom is -0.480 e. The van der Waals surface area contributed by atoms with Crippen molar-refractivity contribution in [2.24, 2.45) is 11.8 Å². The van der Waals surface area contributed by atoms with Crippen molar-refractivity contribution in [3.63, 3.8) is 0 Å². The van der Waals surface area contributed by atoms with Crippen LogP contribution in [-0.4, -0.2) is 61.5 Å². The Morgan fingerprint density at radius 3 is 2.49 bits per heavy atom. The molecule has 196 valence electrons. The van der Waals surface area contributed by atoms with E-state index < -0.39 is 17.9 Å². The number of aliphatic hydroxyl groups is 1. The summed E-state index contributed by atoms with van der Waals surface area (Å²) in [5.41, 5.74) is 2.15. The van der Waals surface area contributed by atoms with Gasteiger partial charge in [-0.1, -0.05) is 26.0 Å². The molecule has 2 heterocycles. The summed E-state index contributed by atoms with van der Waals surface area (Å²) in [5.74, 6) is -1.79. The summed E-state index contributed by atoms with van der Waals surface area (Å²) in [6, 6.07) is 7.80. The average molecular weight is 510 g/mol. The maximum absolute atomic E-state index is 12.9. The average Bonchev–Trinajstić information content (AvgIpc) is 3.44. The zero-order valence-electron chi connectivity index (χ0n) is 21.0. The summed E-state index contributed by atoms with van der Waals surface area (Å²) in [6.07, 6.45) is 3.46. The highest BCUT2D eigenvalue weighted by Crippen LogP contribution is 2.32. The molecule has 0 aliphatic heterocycles. The van der Waals surface area contributed by atoms with E-state index in [1.54, 1.807) is 38.1 Å². The van der Waals surface area contributed by atoms with Crippen molar-refractivity contribution in [1.82, 2.24) is 25.4 Å². The number of amides is 2. The van der Waals surface area contributed by atoms with E-state index in [2.05, 4.69) is 20.7 Å². The molecule has 0 bridgehead atoms. The number of rotatable bonds is 11. The first-order chi connectivity index (χ1) is 17.7. The standard InChI is InChI=1S/C26H31N5O6/c1-14(2)22(26(35)36)29-24(34)21-13-27-25(37-21)18-6-4-5-17(11-18)19-12-20(31(30-19)9-10-32)23(33)28-15(3)16-7-8-16/h4-6,11-16,22,32H,7-10H2,1-3H3,(H,28,33)(H,29,34)(H,35,36)/t15-,22?/m0/s1. The molecule has 1 aliphatic rings. The van der Waals surface area contributed by atoms with Crippen LogP contribution in [0.15, 0.2) is 40.9 Å². The fourth-order valence-electron chi connectivity index (χ4n) is 4.05. The summed E-state index contributed by atoms with van der Waals surface area (Å²) in [5, 5.41) is 28.8. The van der Waals surface area contributed by atoms with Gasteiger partial charge in [-0.3, -0.25) is 14.3 Å². The number of carbonyl (C=O) groups excluding carboxylic acids is 2. The second kappa shape index (κ2) is 11.0. The fourth-order valence-corrected chi connectivity index (χ4v) is 4.05. The number of carboxylic acid groups (broad SMARTS) is 1. The van der Waals surface area contributed by atoms with Gasteiger partial charge in [-0.2, -0.15) is 5.10 Å². The summed E-state index contributed by atoms with van der Waals surface area (Å²) in [6.45, 7) is 5.39. The molecule has 4 N–H and O–H groups in total. The molecule has 0 spiro atoms. The Bertz CT molecular complexity index is 1290. The molecule has 11 nitrogen and oxygen atoms in total. The van der Waals surface area contributed by atoms with Crippen molar-refractivity contribution in [2.75, 3.05) is 6.61 Å². The molecule has 1 unspecified atom stereocenters. The maximum Gasteiger partial charge on any atom is 0.326 e. The van der Waals surface area contributed by atoms with E-state index in [1.807, 2.05) is 13.0 Å². The van der Waals surface area contributed by atoms with Crippen LogP contribution in [0.3, 0.4) is 0 Å². The monoisotopic (exact) mass is 509 g/mol. The van der Waals surface area contributed by atoms with Gasteiger partial charge in [-0.05, 0) is 49.8 Å². The molecule has 2 amide bonds. The molecule has 3 aromatic rings. The summed E-state index contributed by atoms with van der Waals surface area (Å²) >= 11 is 0. The van der Waals surface area contributed by atoms with Crippen LogP contribution in [0.5, 0.6) is 0 Å². The lowest BCUT2D eigenvalue weighted by atomic mass is 10.0. The smallest absolute Gasteiger partial charge is 0.326 e. The summed E-state index contributed by atoms with van der Waals surface area (Å²) < 4.78 is 7.11. The van der Waals surface area contributed by atoms with E-state index >= 15 is 0 Å². The van der Waals surface area contributed by atoms with Crippen LogP contribution in [0.2, 0.25) is 0 Å². The van der Waals surface area contributed by atoms with E-state index in [4.69, 9.17) is 4.42 Å². The number of aliphatic hydroxyl groups excluding tert-OH is 1. The Hall–Kier alpha value is -3.99. The van der Waals surface area contributed by atoms with Gasteiger partial charge in [-0.15, -0.1) is 0 Å². The van der Waals surface area contributed by atoms with E-state index in [9.17, 15) is 24.6 Å². The number of hydrogen-bond acceptors (Lipinski definition) is 7. The topological polar surface area (TPSA) is 160 Å². The number of carboxylic acids is 1. The van der Waals surface area contributed by atoms with Crippen molar-refractivity contribution < 1.29 is 29.0 Å². The van der Waals surface area contributed by atoms with Gasteiger partial charge < -0.3 is 25.3 Å². The summed E-state index contributed by atoms with van der Waals surface area (Å²) in [4.78, 5) is 41.0. The highest BCUT2D eigenvalue weighted by molar-refractivity contribution is 5.95. The zero-order valence-corrected chi connectivity index (χ0v) is 21.0. The predicted molar refractivity (Wildman–Crippen MR) is 134 cm³/mol. The third-order valence-corrected chi connectivity index (χ3v) is 6.37. The third kappa shape index (κ3) is 6.05. The van der Waals surface area contributed by atoms with E-state index in [1.165, 1.54) is 10.9 Å². The Morgan fingerprint density at radius 1 is 1.11 bits per heavy atom. The van der Waals surface area contributed by atoms with Gasteiger partial charge in [0.25, 0.3) is 11.8 Å². The number of carbonyl (C=O) groups is 3. The molecule has 1 aliphatic carbocycles. The predicted octanol–water partition coefficient (Wildman–Crippen LogP) is 2.56. The zero-order chi connectivity index (χ0) is 26.7. The molecule has 0 saturated heterocycles. The number of oxazole rings is 1. The van der Waals surface area contributed by atoms with Crippen molar-refractivity contribution in [2.45, 2.75) is 52.2 Å². The molecular formula is C26H31N5O6. The molecule has 4 rings (SSSR count). The molecule has 2 aromatic heterocycles. The molecule has 1 fully saturated rings. The molecule has 37 heavy (non-hydrogen) atoms. The number of nitrogens with one attached hydrogen (secondary N) is 2. The van der Waals surface area contributed by atoms with Crippen molar-refractivity contribution in [1.29, 1.82) is 0 Å². The van der Waals surface area contributed by atoms with Crippen LogP contribution in [0, 0.1) is 11.8 Å². The molecule has 0 radical (unpaired) electrons. The fraction of sp³-hybridized carbons (Fsp3) is 0.423. The van der Waals surface area contributed by atoms with Gasteiger partial charge in [-0.25, -0.2) is 9.78 Å². The van der Waals surface area contributed by atoms with Crippen molar-refractivity contribution in [3.05, 3.63) is 48.0 Å². The van der Waals surface area contributed by atoms with Gasteiger partial charge in [0.1, 0.15) is 11.7 Å². The van der Waals surface area contributed by atoms with Crippen LogP contribution in [0.1, 0.15) is 54.7 Å². The van der Waals surface area contributed by atoms with Gasteiger partial charge >= 0.3 is 5.97 Å². The SMILES string of the molecule is CC(C)C(NC(=O)c1cnc(-c2cccc(-c3cc(C(=O)N[C@@H](C)C4CC4)n(CCO)n3)c2)o1)C(=O)O. The largest absolute Gasteiger partial charge is 0.480 e. The molecule has 2 atom stereocenters. The van der Waals surface area contributed by atoms with Gasteiger partial charge in [0.2, 0.25) is 11.7 Å². The van der Waals surface area contributed by atoms with E-state index in [0.29, 0.717) is 28.4 Å². The lowest BCUT2D eigenvalue weighted by Gasteiger charge is -2.16. The highest BCUT2D eigenvalue weighted by Gasteiger charge is 2.30. The first kappa shape index (κ1) is 26.1. The third-order valence-electron chi connectivity index (χ3n) is 6.37. The first-order valence-electron chi connectivity index (χ1n) is 12.3. The number of aromatic nitrogens is 3. The van der Waals surface area contributed by atoms with Crippen LogP contribution in [0.4, 0.5) is 0 Å². The minimum absolute atomic E-state index is 0.0690. The Labute approximate surface area is 213 Å². The van der Waals surface area contributed by atoms with Crippen LogP contribution < -0.4 is 10.6 Å². The van der Waals surface area contributed by atoms with Crippen LogP contribution in [0.25, 0.3) is 22.7 Å². The molecule has 11 heteroatoms. The highest BCUT2D eigenvalue weighted by atomic mass is 16.4. The van der Waals surface area contributed by atoms with Crippen molar-refractivity contribution >= 4 is 17.8 Å². The minimum atomic E-state index is -1.13. The number of nitrogens with zero attached hydrogens (tertiary/aromatic N) is 3. The Kier molecular flexibility index (Phi) is 7.72. The quantitative estimate of drug-likeness (QED) is 0.307. The second-order valence-electron chi connectivity index (χ2n) is 9.60. The van der Waals surface area contributed by atoms with Gasteiger partial charge in [0.05, 0.1) is 25.0 Å².